The summed E-state index contributed by atoms with van der Waals surface area (Å²) in [7, 11) is 1.33. The van der Waals surface area contributed by atoms with Gasteiger partial charge in [0.25, 0.3) is 0 Å². The number of aryl methyl sites for hydroxylation is 1. The van der Waals surface area contributed by atoms with E-state index in [1.54, 1.807) is 12.4 Å². The average Bonchev–Trinajstić information content (AvgIpc) is 2.88. The Kier molecular flexibility index (Phi) is 5.60. The molecule has 6 nitrogen and oxygen atoms in total. The highest BCUT2D eigenvalue weighted by Crippen LogP contribution is 2.32. The first-order valence-electron chi connectivity index (χ1n) is 6.84. The van der Waals surface area contributed by atoms with Gasteiger partial charge < -0.3 is 10.1 Å². The fraction of sp³-hybridized carbons (Fsp3) is 0.333. The van der Waals surface area contributed by atoms with Crippen LogP contribution in [0.5, 0.6) is 0 Å². The normalized spacial score (nSPS) is 10.3. The van der Waals surface area contributed by atoms with E-state index in [2.05, 4.69) is 20.0 Å². The van der Waals surface area contributed by atoms with Gasteiger partial charge in [-0.1, -0.05) is 11.3 Å². The summed E-state index contributed by atoms with van der Waals surface area (Å²) in [5, 5.41) is 3.33. The maximum absolute atomic E-state index is 11.8. The van der Waals surface area contributed by atoms with Gasteiger partial charge >= 0.3 is 5.97 Å². The van der Waals surface area contributed by atoms with Crippen molar-refractivity contribution in [1.82, 2.24) is 9.97 Å². The third-order valence-corrected chi connectivity index (χ3v) is 4.12. The van der Waals surface area contributed by atoms with Crippen molar-refractivity contribution in [3.63, 3.8) is 0 Å². The monoisotopic (exact) mass is 319 g/mol. The van der Waals surface area contributed by atoms with Gasteiger partial charge in [-0.25, -0.2) is 4.98 Å². The number of hydrogen-bond acceptors (Lipinski definition) is 6. The summed E-state index contributed by atoms with van der Waals surface area (Å²) in [6, 6.07) is 3.81. The number of nitrogens with one attached hydrogen (secondary N) is 1. The fourth-order valence-electron chi connectivity index (χ4n) is 1.90. The predicted octanol–water partition coefficient (Wildman–Crippen LogP) is 2.80. The van der Waals surface area contributed by atoms with Crippen molar-refractivity contribution in [2.45, 2.75) is 26.2 Å². The Balaban J connectivity index is 1.94. The molecule has 0 aliphatic carbocycles. The van der Waals surface area contributed by atoms with E-state index in [1.165, 1.54) is 18.4 Å². The molecule has 0 radical (unpaired) electrons. The van der Waals surface area contributed by atoms with Crippen molar-refractivity contribution in [3.8, 4) is 10.4 Å². The van der Waals surface area contributed by atoms with Gasteiger partial charge in [0.05, 0.1) is 17.7 Å². The topological polar surface area (TPSA) is 81.2 Å². The first-order valence-corrected chi connectivity index (χ1v) is 7.66. The molecule has 2 rings (SSSR count). The molecule has 0 unspecified atom stereocenters. The van der Waals surface area contributed by atoms with Crippen LogP contribution in [0.15, 0.2) is 24.5 Å². The Bertz CT molecular complexity index is 655. The molecule has 0 aromatic carbocycles. The van der Waals surface area contributed by atoms with Crippen LogP contribution in [0.1, 0.15) is 25.0 Å². The molecule has 22 heavy (non-hydrogen) atoms. The number of amides is 1. The van der Waals surface area contributed by atoms with Gasteiger partial charge in [-0.3, -0.25) is 14.6 Å². The lowest BCUT2D eigenvalue weighted by Gasteiger charge is -2.01. The molecule has 2 heterocycles. The molecule has 0 aliphatic rings. The number of methoxy groups -OCH3 is 1. The molecule has 0 saturated heterocycles. The first kappa shape index (κ1) is 16.1. The molecule has 0 aliphatic heterocycles. The summed E-state index contributed by atoms with van der Waals surface area (Å²) in [4.78, 5) is 32.2. The number of rotatable bonds is 6. The summed E-state index contributed by atoms with van der Waals surface area (Å²) in [6.07, 6.45) is 4.40. The molecule has 1 N–H and O–H groups in total. The highest BCUT2D eigenvalue weighted by Gasteiger charge is 2.12. The highest BCUT2D eigenvalue weighted by atomic mass is 32.1. The highest BCUT2D eigenvalue weighted by molar-refractivity contribution is 7.19. The van der Waals surface area contributed by atoms with E-state index >= 15 is 0 Å². The van der Waals surface area contributed by atoms with Crippen LogP contribution < -0.4 is 5.32 Å². The molecular formula is C15H17N3O3S. The Hall–Kier alpha value is -2.28. The number of carbonyl (C=O) groups excluding carboxylic acids is 2. The number of hydrogen-bond donors (Lipinski definition) is 1. The van der Waals surface area contributed by atoms with E-state index in [9.17, 15) is 9.59 Å². The number of carbonyl (C=O) groups is 2. The van der Waals surface area contributed by atoms with Crippen molar-refractivity contribution < 1.29 is 14.3 Å². The zero-order chi connectivity index (χ0) is 15.9. The lowest BCUT2D eigenvalue weighted by Crippen LogP contribution is -2.12. The number of esters is 1. The second-order valence-electron chi connectivity index (χ2n) is 4.65. The lowest BCUT2D eigenvalue weighted by atomic mass is 10.2. The second kappa shape index (κ2) is 7.65. The summed E-state index contributed by atoms with van der Waals surface area (Å²) >= 11 is 1.42. The van der Waals surface area contributed by atoms with E-state index in [4.69, 9.17) is 0 Å². The average molecular weight is 319 g/mol. The number of aromatic nitrogens is 2. The largest absolute Gasteiger partial charge is 0.469 e. The number of anilines is 1. The van der Waals surface area contributed by atoms with E-state index in [-0.39, 0.29) is 24.7 Å². The van der Waals surface area contributed by atoms with Crippen LogP contribution in [-0.2, 0) is 14.3 Å². The smallest absolute Gasteiger partial charge is 0.305 e. The quantitative estimate of drug-likeness (QED) is 0.828. The lowest BCUT2D eigenvalue weighted by molar-refractivity contribution is -0.140. The third-order valence-electron chi connectivity index (χ3n) is 3.00. The predicted molar refractivity (Wildman–Crippen MR) is 84.6 cm³/mol. The van der Waals surface area contributed by atoms with Gasteiger partial charge in [-0.2, -0.15) is 0 Å². The van der Waals surface area contributed by atoms with Crippen molar-refractivity contribution in [2.24, 2.45) is 0 Å². The fourth-order valence-corrected chi connectivity index (χ4v) is 2.89. The number of thiazole rings is 1. The third kappa shape index (κ3) is 4.36. The molecule has 0 atom stereocenters. The minimum Gasteiger partial charge on any atom is -0.469 e. The standard InChI is InChI=1S/C15H17N3O3S/c1-10-14(11-6-8-16-9-7-11)22-15(17-10)18-12(19)4-3-5-13(20)21-2/h6-9H,3-5H2,1-2H3,(H,17,18,19). The van der Waals surface area contributed by atoms with Crippen LogP contribution in [0.2, 0.25) is 0 Å². The van der Waals surface area contributed by atoms with Crippen LogP contribution in [0, 0.1) is 6.92 Å². The Morgan fingerprint density at radius 2 is 2.00 bits per heavy atom. The molecule has 7 heteroatoms. The first-order chi connectivity index (χ1) is 10.6. The maximum atomic E-state index is 11.8. The Morgan fingerprint density at radius 1 is 1.27 bits per heavy atom. The number of nitrogens with zero attached hydrogens (tertiary/aromatic N) is 2. The molecule has 2 aromatic heterocycles. The zero-order valence-corrected chi connectivity index (χ0v) is 13.3. The second-order valence-corrected chi connectivity index (χ2v) is 5.65. The molecule has 0 spiro atoms. The SMILES string of the molecule is COC(=O)CCCC(=O)Nc1nc(C)c(-c2ccncc2)s1. The molecule has 0 saturated carbocycles. The molecule has 2 aromatic rings. The maximum Gasteiger partial charge on any atom is 0.305 e. The summed E-state index contributed by atoms with van der Waals surface area (Å²) < 4.78 is 4.53. The van der Waals surface area contributed by atoms with Gasteiger partial charge in [0, 0.05) is 25.2 Å². The molecular weight excluding hydrogens is 302 g/mol. The van der Waals surface area contributed by atoms with Gasteiger partial charge in [-0.05, 0) is 31.0 Å². The minimum absolute atomic E-state index is 0.154. The molecule has 0 bridgehead atoms. The number of pyridine rings is 1. The Morgan fingerprint density at radius 3 is 2.68 bits per heavy atom. The van der Waals surface area contributed by atoms with Gasteiger partial charge in [-0.15, -0.1) is 0 Å². The van der Waals surface area contributed by atoms with Crippen molar-refractivity contribution in [1.29, 1.82) is 0 Å². The van der Waals surface area contributed by atoms with Crippen LogP contribution in [0.25, 0.3) is 10.4 Å². The van der Waals surface area contributed by atoms with E-state index in [0.29, 0.717) is 11.6 Å². The van der Waals surface area contributed by atoms with E-state index < -0.39 is 0 Å². The number of ether oxygens (including phenoxy) is 1. The van der Waals surface area contributed by atoms with Gasteiger partial charge in [0.1, 0.15) is 0 Å². The van der Waals surface area contributed by atoms with Crippen LogP contribution >= 0.6 is 11.3 Å². The van der Waals surface area contributed by atoms with Crippen molar-refractivity contribution in [2.75, 3.05) is 12.4 Å². The zero-order valence-electron chi connectivity index (χ0n) is 12.5. The van der Waals surface area contributed by atoms with Gasteiger partial charge in [0.2, 0.25) is 5.91 Å². The minimum atomic E-state index is -0.308. The van der Waals surface area contributed by atoms with Crippen molar-refractivity contribution in [3.05, 3.63) is 30.2 Å². The van der Waals surface area contributed by atoms with Gasteiger partial charge in [0.15, 0.2) is 5.13 Å². The van der Waals surface area contributed by atoms with E-state index in [1.807, 2.05) is 19.1 Å². The molecule has 116 valence electrons. The van der Waals surface area contributed by atoms with Crippen LogP contribution in [-0.4, -0.2) is 29.0 Å². The summed E-state index contributed by atoms with van der Waals surface area (Å²) in [6.45, 7) is 1.90. The molecule has 0 fully saturated rings. The van der Waals surface area contributed by atoms with Crippen LogP contribution in [0.4, 0.5) is 5.13 Å². The summed E-state index contributed by atoms with van der Waals surface area (Å²) in [5.41, 5.74) is 1.89. The summed E-state index contributed by atoms with van der Waals surface area (Å²) in [5.74, 6) is -0.461. The molecule has 1 amide bonds. The van der Waals surface area contributed by atoms with Crippen LogP contribution in [0.3, 0.4) is 0 Å². The van der Waals surface area contributed by atoms with Crippen molar-refractivity contribution >= 4 is 28.3 Å². The Labute approximate surface area is 132 Å². The van der Waals surface area contributed by atoms with E-state index in [0.717, 1.165) is 16.1 Å².